The molecule has 26 heavy (non-hydrogen) atoms. The lowest BCUT2D eigenvalue weighted by molar-refractivity contribution is 0.0621. The van der Waals surface area contributed by atoms with Crippen LogP contribution >= 0.6 is 11.3 Å². The van der Waals surface area contributed by atoms with Crippen molar-refractivity contribution in [2.75, 3.05) is 40.5 Å². The number of ether oxygens (including phenoxy) is 2. The van der Waals surface area contributed by atoms with Crippen molar-refractivity contribution >= 4 is 22.2 Å². The SMILES string of the molecule is COCCN(CCOC)C(=O)c1csc2nc(-c3ccc(C)cc3)cn12. The molecule has 0 unspecified atom stereocenters. The Balaban J connectivity index is 1.88. The third-order valence-electron chi connectivity index (χ3n) is 4.19. The van der Waals surface area contributed by atoms with E-state index in [9.17, 15) is 4.79 Å². The van der Waals surface area contributed by atoms with Gasteiger partial charge in [-0.05, 0) is 6.92 Å². The average Bonchev–Trinajstić information content (AvgIpc) is 3.22. The lowest BCUT2D eigenvalue weighted by Crippen LogP contribution is -2.37. The Morgan fingerprint density at radius 1 is 1.15 bits per heavy atom. The predicted octanol–water partition coefficient (Wildman–Crippen LogP) is 3.11. The van der Waals surface area contributed by atoms with Crippen LogP contribution in [0.4, 0.5) is 0 Å². The van der Waals surface area contributed by atoms with Gasteiger partial charge in [-0.25, -0.2) is 4.98 Å². The van der Waals surface area contributed by atoms with Gasteiger partial charge >= 0.3 is 0 Å². The van der Waals surface area contributed by atoms with Crippen LogP contribution in [-0.4, -0.2) is 60.7 Å². The van der Waals surface area contributed by atoms with Gasteiger partial charge in [-0.15, -0.1) is 11.3 Å². The highest BCUT2D eigenvalue weighted by molar-refractivity contribution is 7.15. The highest BCUT2D eigenvalue weighted by Gasteiger charge is 2.20. The third kappa shape index (κ3) is 3.95. The Hall–Kier alpha value is -2.22. The number of carbonyl (C=O) groups excluding carboxylic acids is 1. The maximum atomic E-state index is 13.0. The van der Waals surface area contributed by atoms with Crippen LogP contribution in [0, 0.1) is 6.92 Å². The van der Waals surface area contributed by atoms with Crippen molar-refractivity contribution in [1.82, 2.24) is 14.3 Å². The van der Waals surface area contributed by atoms with Gasteiger partial charge in [0.15, 0.2) is 4.96 Å². The molecule has 0 spiro atoms. The molecule has 138 valence electrons. The largest absolute Gasteiger partial charge is 0.383 e. The first-order valence-electron chi connectivity index (χ1n) is 8.45. The Bertz CT molecular complexity index is 862. The van der Waals surface area contributed by atoms with Crippen LogP contribution in [0.3, 0.4) is 0 Å². The molecular formula is C19H23N3O3S. The maximum Gasteiger partial charge on any atom is 0.271 e. The molecule has 2 aromatic heterocycles. The molecule has 0 radical (unpaired) electrons. The number of nitrogens with zero attached hydrogens (tertiary/aromatic N) is 3. The minimum atomic E-state index is -0.0433. The van der Waals surface area contributed by atoms with Gasteiger partial charge in [0.1, 0.15) is 5.69 Å². The van der Waals surface area contributed by atoms with E-state index in [4.69, 9.17) is 9.47 Å². The van der Waals surface area contributed by atoms with Crippen LogP contribution in [-0.2, 0) is 9.47 Å². The van der Waals surface area contributed by atoms with E-state index in [1.165, 1.54) is 16.9 Å². The van der Waals surface area contributed by atoms with Crippen LogP contribution in [0.25, 0.3) is 16.2 Å². The molecule has 0 saturated carbocycles. The summed E-state index contributed by atoms with van der Waals surface area (Å²) in [5, 5.41) is 1.86. The van der Waals surface area contributed by atoms with Crippen LogP contribution in [0.15, 0.2) is 35.8 Å². The summed E-state index contributed by atoms with van der Waals surface area (Å²) in [6, 6.07) is 8.22. The molecule has 0 aliphatic carbocycles. The van der Waals surface area contributed by atoms with Gasteiger partial charge in [0.05, 0.1) is 18.9 Å². The smallest absolute Gasteiger partial charge is 0.271 e. The Morgan fingerprint density at radius 2 is 1.81 bits per heavy atom. The van der Waals surface area contributed by atoms with Gasteiger partial charge in [-0.3, -0.25) is 9.20 Å². The second-order valence-corrected chi connectivity index (χ2v) is 6.88. The molecule has 1 aromatic carbocycles. The molecule has 0 atom stereocenters. The fourth-order valence-corrected chi connectivity index (χ4v) is 3.53. The van der Waals surface area contributed by atoms with Crippen LogP contribution in [0.1, 0.15) is 16.1 Å². The molecular weight excluding hydrogens is 350 g/mol. The van der Waals surface area contributed by atoms with Crippen molar-refractivity contribution in [3.05, 3.63) is 47.1 Å². The monoisotopic (exact) mass is 373 g/mol. The fraction of sp³-hybridized carbons (Fsp3) is 0.368. The minimum absolute atomic E-state index is 0.0433. The highest BCUT2D eigenvalue weighted by Crippen LogP contribution is 2.24. The normalized spacial score (nSPS) is 11.2. The first-order chi connectivity index (χ1) is 12.6. The van der Waals surface area contributed by atoms with Crippen molar-refractivity contribution in [3.8, 4) is 11.3 Å². The highest BCUT2D eigenvalue weighted by atomic mass is 32.1. The number of imidazole rings is 1. The van der Waals surface area contributed by atoms with Gasteiger partial charge in [0.2, 0.25) is 0 Å². The zero-order valence-electron chi connectivity index (χ0n) is 15.3. The summed E-state index contributed by atoms with van der Waals surface area (Å²) in [5.41, 5.74) is 3.73. The zero-order chi connectivity index (χ0) is 18.5. The second-order valence-electron chi connectivity index (χ2n) is 6.04. The van der Waals surface area contributed by atoms with Gasteiger partial charge < -0.3 is 14.4 Å². The van der Waals surface area contributed by atoms with E-state index in [0.717, 1.165) is 16.2 Å². The van der Waals surface area contributed by atoms with Crippen molar-refractivity contribution in [2.24, 2.45) is 0 Å². The molecule has 6 nitrogen and oxygen atoms in total. The molecule has 3 rings (SSSR count). The first-order valence-corrected chi connectivity index (χ1v) is 9.32. The molecule has 2 heterocycles. The van der Waals surface area contributed by atoms with Gasteiger partial charge in [0, 0.05) is 44.4 Å². The van der Waals surface area contributed by atoms with Crippen molar-refractivity contribution in [3.63, 3.8) is 0 Å². The molecule has 1 amide bonds. The number of benzene rings is 1. The lowest BCUT2D eigenvalue weighted by atomic mass is 10.1. The standard InChI is InChI=1S/C19H23N3O3S/c1-14-4-6-15(7-5-14)16-12-22-17(13-26-19(22)20-16)18(23)21(8-10-24-2)9-11-25-3/h4-7,12-13H,8-11H2,1-3H3. The maximum absolute atomic E-state index is 13.0. The van der Waals surface area contributed by atoms with E-state index >= 15 is 0 Å². The van der Waals surface area contributed by atoms with Crippen molar-refractivity contribution in [1.29, 1.82) is 0 Å². The summed E-state index contributed by atoms with van der Waals surface area (Å²) in [4.78, 5) is 20.2. The number of hydrogen-bond acceptors (Lipinski definition) is 5. The fourth-order valence-electron chi connectivity index (χ4n) is 2.68. The zero-order valence-corrected chi connectivity index (χ0v) is 16.1. The number of fused-ring (bicyclic) bond motifs is 1. The summed E-state index contributed by atoms with van der Waals surface area (Å²) < 4.78 is 12.1. The Morgan fingerprint density at radius 3 is 2.42 bits per heavy atom. The number of aromatic nitrogens is 2. The number of amides is 1. The van der Waals surface area contributed by atoms with Crippen molar-refractivity contribution in [2.45, 2.75) is 6.92 Å². The van der Waals surface area contributed by atoms with E-state index in [-0.39, 0.29) is 5.91 Å². The summed E-state index contributed by atoms with van der Waals surface area (Å²) in [7, 11) is 3.26. The van der Waals surface area contributed by atoms with E-state index < -0.39 is 0 Å². The minimum Gasteiger partial charge on any atom is -0.383 e. The van der Waals surface area contributed by atoms with Crippen LogP contribution in [0.5, 0.6) is 0 Å². The quantitative estimate of drug-likeness (QED) is 0.609. The van der Waals surface area contributed by atoms with E-state index in [2.05, 4.69) is 24.0 Å². The summed E-state index contributed by atoms with van der Waals surface area (Å²) in [5.74, 6) is -0.0433. The van der Waals surface area contributed by atoms with Crippen molar-refractivity contribution < 1.29 is 14.3 Å². The van der Waals surface area contributed by atoms with E-state index in [1.807, 2.05) is 28.1 Å². The summed E-state index contributed by atoms with van der Waals surface area (Å²) in [6.45, 7) is 4.08. The molecule has 0 aliphatic rings. The number of rotatable bonds is 8. The van der Waals surface area contributed by atoms with Crippen LogP contribution < -0.4 is 0 Å². The molecule has 0 N–H and O–H groups in total. The molecule has 0 saturated heterocycles. The third-order valence-corrected chi connectivity index (χ3v) is 5.03. The molecule has 3 aromatic rings. The van der Waals surface area contributed by atoms with Crippen LogP contribution in [0.2, 0.25) is 0 Å². The van der Waals surface area contributed by atoms with Gasteiger partial charge in [0.25, 0.3) is 5.91 Å². The summed E-state index contributed by atoms with van der Waals surface area (Å²) >= 11 is 1.47. The second kappa shape index (κ2) is 8.44. The Kier molecular flexibility index (Phi) is 6.03. The molecule has 0 bridgehead atoms. The van der Waals surface area contributed by atoms with E-state index in [1.54, 1.807) is 19.1 Å². The lowest BCUT2D eigenvalue weighted by Gasteiger charge is -2.21. The number of hydrogen-bond donors (Lipinski definition) is 0. The summed E-state index contributed by atoms with van der Waals surface area (Å²) in [6.07, 6.45) is 1.93. The average molecular weight is 373 g/mol. The van der Waals surface area contributed by atoms with Gasteiger partial charge in [-0.1, -0.05) is 29.8 Å². The predicted molar refractivity (Wildman–Crippen MR) is 103 cm³/mol. The topological polar surface area (TPSA) is 56.1 Å². The number of thiazole rings is 1. The number of methoxy groups -OCH3 is 2. The molecule has 7 heteroatoms. The number of aryl methyl sites for hydroxylation is 1. The Labute approximate surface area is 157 Å². The number of carbonyl (C=O) groups is 1. The first kappa shape index (κ1) is 18.6. The van der Waals surface area contributed by atoms with Gasteiger partial charge in [-0.2, -0.15) is 0 Å². The van der Waals surface area contributed by atoms with E-state index in [0.29, 0.717) is 32.0 Å². The molecule has 0 fully saturated rings. The molecule has 0 aliphatic heterocycles.